The molecule has 0 bridgehead atoms. The molecule has 0 aliphatic carbocycles. The van der Waals surface area contributed by atoms with Gasteiger partial charge in [0.25, 0.3) is 0 Å². The highest BCUT2D eigenvalue weighted by atomic mass is 16.5. The van der Waals surface area contributed by atoms with Crippen molar-refractivity contribution in [2.24, 2.45) is 0 Å². The Bertz CT molecular complexity index is 385. The zero-order chi connectivity index (χ0) is 14.4. The third-order valence-corrected chi connectivity index (χ3v) is 3.58. The number of nitrogens with one attached hydrogen (secondary N) is 1. The third-order valence-electron chi connectivity index (χ3n) is 3.58. The zero-order valence-corrected chi connectivity index (χ0v) is 13.3. The Morgan fingerprint density at radius 1 is 1.11 bits per heavy atom. The predicted molar refractivity (Wildman–Crippen MR) is 84.2 cm³/mol. The second-order valence-corrected chi connectivity index (χ2v) is 5.86. The second kappa shape index (κ2) is 7.54. The van der Waals surface area contributed by atoms with Crippen LogP contribution in [0.5, 0.6) is 0 Å². The van der Waals surface area contributed by atoms with Crippen LogP contribution in [0, 0.1) is 0 Å². The minimum absolute atomic E-state index is 0.382. The van der Waals surface area contributed by atoms with Crippen LogP contribution in [0.2, 0.25) is 0 Å². The summed E-state index contributed by atoms with van der Waals surface area (Å²) in [5.74, 6) is 1.11. The van der Waals surface area contributed by atoms with Gasteiger partial charge in [0.15, 0.2) is 0 Å². The normalized spacial score (nSPS) is 13.1. The third kappa shape index (κ3) is 4.54. The molecule has 1 N–H and O–H groups in total. The van der Waals surface area contributed by atoms with Crippen molar-refractivity contribution in [3.63, 3.8) is 0 Å². The molecule has 0 spiro atoms. The highest BCUT2D eigenvalue weighted by Crippen LogP contribution is 2.29. The first-order valence-corrected chi connectivity index (χ1v) is 7.38. The maximum absolute atomic E-state index is 5.27. The molecule has 0 amide bonds. The van der Waals surface area contributed by atoms with Gasteiger partial charge in [0, 0.05) is 18.8 Å². The van der Waals surface area contributed by atoms with E-state index in [0.29, 0.717) is 17.9 Å². The van der Waals surface area contributed by atoms with Crippen molar-refractivity contribution in [3.05, 3.63) is 29.3 Å². The van der Waals surface area contributed by atoms with E-state index < -0.39 is 0 Å². The molecule has 1 atom stereocenters. The Morgan fingerprint density at radius 3 is 2.26 bits per heavy atom. The largest absolute Gasteiger partial charge is 0.383 e. The van der Waals surface area contributed by atoms with Crippen molar-refractivity contribution in [1.82, 2.24) is 0 Å². The molecule has 0 saturated heterocycles. The van der Waals surface area contributed by atoms with E-state index in [1.54, 1.807) is 7.11 Å². The zero-order valence-electron chi connectivity index (χ0n) is 13.3. The highest BCUT2D eigenvalue weighted by Gasteiger charge is 2.12. The first-order chi connectivity index (χ1) is 8.99. The summed E-state index contributed by atoms with van der Waals surface area (Å²) in [6.45, 7) is 11.9. The molecule has 0 aliphatic rings. The van der Waals surface area contributed by atoms with E-state index in [2.05, 4.69) is 58.1 Å². The fourth-order valence-corrected chi connectivity index (χ4v) is 2.23. The Hall–Kier alpha value is -1.02. The number of anilines is 1. The van der Waals surface area contributed by atoms with Crippen molar-refractivity contribution < 1.29 is 4.74 Å². The number of hydrogen-bond acceptors (Lipinski definition) is 2. The Labute approximate surface area is 118 Å². The van der Waals surface area contributed by atoms with Crippen LogP contribution in [0.25, 0.3) is 0 Å². The maximum Gasteiger partial charge on any atom is 0.0663 e. The van der Waals surface area contributed by atoms with Gasteiger partial charge >= 0.3 is 0 Å². The van der Waals surface area contributed by atoms with E-state index in [1.807, 2.05) is 0 Å². The molecule has 1 aromatic rings. The molecule has 0 aliphatic heterocycles. The van der Waals surface area contributed by atoms with Gasteiger partial charge in [0.2, 0.25) is 0 Å². The second-order valence-electron chi connectivity index (χ2n) is 5.86. The fraction of sp³-hybridized carbons (Fsp3) is 0.647. The lowest BCUT2D eigenvalue weighted by Crippen LogP contribution is -2.24. The molecule has 0 fully saturated rings. The molecule has 1 aromatic carbocycles. The number of hydrogen-bond donors (Lipinski definition) is 1. The van der Waals surface area contributed by atoms with E-state index in [4.69, 9.17) is 4.74 Å². The van der Waals surface area contributed by atoms with Gasteiger partial charge in [-0.1, -0.05) is 46.8 Å². The minimum atomic E-state index is 0.382. The molecule has 0 aromatic heterocycles. The van der Waals surface area contributed by atoms with E-state index in [-0.39, 0.29) is 0 Å². The SMILES string of the molecule is CCC(COC)Nc1ccc(C(C)C)cc1C(C)C. The maximum atomic E-state index is 5.27. The van der Waals surface area contributed by atoms with Gasteiger partial charge in [-0.25, -0.2) is 0 Å². The summed E-state index contributed by atoms with van der Waals surface area (Å²) in [6, 6.07) is 7.19. The van der Waals surface area contributed by atoms with Crippen molar-refractivity contribution >= 4 is 5.69 Å². The van der Waals surface area contributed by atoms with Crippen molar-refractivity contribution in [2.45, 2.75) is 58.9 Å². The van der Waals surface area contributed by atoms with Gasteiger partial charge in [0.05, 0.1) is 6.61 Å². The molecule has 1 unspecified atom stereocenters. The summed E-state index contributed by atoms with van der Waals surface area (Å²) < 4.78 is 5.27. The van der Waals surface area contributed by atoms with Crippen molar-refractivity contribution in [1.29, 1.82) is 0 Å². The van der Waals surface area contributed by atoms with Crippen LogP contribution < -0.4 is 5.32 Å². The van der Waals surface area contributed by atoms with Gasteiger partial charge in [-0.3, -0.25) is 0 Å². The summed E-state index contributed by atoms with van der Waals surface area (Å²) >= 11 is 0. The summed E-state index contributed by atoms with van der Waals surface area (Å²) in [4.78, 5) is 0. The van der Waals surface area contributed by atoms with Crippen molar-refractivity contribution in [2.75, 3.05) is 19.0 Å². The van der Waals surface area contributed by atoms with Crippen molar-refractivity contribution in [3.8, 4) is 0 Å². The van der Waals surface area contributed by atoms with Crippen LogP contribution in [-0.2, 0) is 4.74 Å². The molecule has 2 nitrogen and oxygen atoms in total. The van der Waals surface area contributed by atoms with Gasteiger partial charge in [-0.15, -0.1) is 0 Å². The van der Waals surface area contributed by atoms with Gasteiger partial charge < -0.3 is 10.1 Å². The quantitative estimate of drug-likeness (QED) is 0.765. The standard InChI is InChI=1S/C17H29NO/c1-7-15(11-19-6)18-17-9-8-14(12(2)3)10-16(17)13(4)5/h8-10,12-13,15,18H,7,11H2,1-6H3. The van der Waals surface area contributed by atoms with Crippen LogP contribution in [0.15, 0.2) is 18.2 Å². The van der Waals surface area contributed by atoms with Crippen LogP contribution in [-0.4, -0.2) is 19.8 Å². The van der Waals surface area contributed by atoms with Crippen LogP contribution in [0.1, 0.15) is 64.0 Å². The number of rotatable bonds is 7. The number of benzene rings is 1. The van der Waals surface area contributed by atoms with E-state index >= 15 is 0 Å². The summed E-state index contributed by atoms with van der Waals surface area (Å²) in [6.07, 6.45) is 1.07. The lowest BCUT2D eigenvalue weighted by atomic mass is 9.94. The van der Waals surface area contributed by atoms with Gasteiger partial charge in [-0.05, 0) is 35.4 Å². The predicted octanol–water partition coefficient (Wildman–Crippen LogP) is 4.77. The van der Waals surface area contributed by atoms with Crippen LogP contribution in [0.3, 0.4) is 0 Å². The summed E-state index contributed by atoms with van der Waals surface area (Å²) in [5.41, 5.74) is 4.07. The van der Waals surface area contributed by atoms with Crippen LogP contribution in [0.4, 0.5) is 5.69 Å². The first-order valence-electron chi connectivity index (χ1n) is 7.38. The highest BCUT2D eigenvalue weighted by molar-refractivity contribution is 5.55. The lowest BCUT2D eigenvalue weighted by molar-refractivity contribution is 0.184. The minimum Gasteiger partial charge on any atom is -0.383 e. The average molecular weight is 263 g/mol. The molecular formula is C17H29NO. The Morgan fingerprint density at radius 2 is 1.79 bits per heavy atom. The Kier molecular flexibility index (Phi) is 6.36. The molecule has 0 heterocycles. The van der Waals surface area contributed by atoms with E-state index in [0.717, 1.165) is 13.0 Å². The smallest absolute Gasteiger partial charge is 0.0663 e. The Balaban J connectivity index is 2.99. The van der Waals surface area contributed by atoms with E-state index in [1.165, 1.54) is 16.8 Å². The number of methoxy groups -OCH3 is 1. The lowest BCUT2D eigenvalue weighted by Gasteiger charge is -2.22. The van der Waals surface area contributed by atoms with Gasteiger partial charge in [-0.2, -0.15) is 0 Å². The molecule has 0 saturated carbocycles. The first kappa shape index (κ1) is 16.0. The van der Waals surface area contributed by atoms with Gasteiger partial charge in [0.1, 0.15) is 0 Å². The molecular weight excluding hydrogens is 234 g/mol. The number of ether oxygens (including phenoxy) is 1. The molecule has 0 radical (unpaired) electrons. The molecule has 1 rings (SSSR count). The monoisotopic (exact) mass is 263 g/mol. The molecule has 19 heavy (non-hydrogen) atoms. The average Bonchev–Trinajstić information content (AvgIpc) is 2.37. The van der Waals surface area contributed by atoms with E-state index in [9.17, 15) is 0 Å². The topological polar surface area (TPSA) is 21.3 Å². The fourth-order valence-electron chi connectivity index (χ4n) is 2.23. The van der Waals surface area contributed by atoms with Crippen LogP contribution >= 0.6 is 0 Å². The molecule has 108 valence electrons. The molecule has 2 heteroatoms. The summed E-state index contributed by atoms with van der Waals surface area (Å²) in [5, 5.41) is 3.62. The summed E-state index contributed by atoms with van der Waals surface area (Å²) in [7, 11) is 1.76.